The Bertz CT molecular complexity index is 641. The number of aryl methyl sites for hydroxylation is 1. The first-order valence-corrected chi connectivity index (χ1v) is 8.75. The summed E-state index contributed by atoms with van der Waals surface area (Å²) in [7, 11) is 0. The summed E-state index contributed by atoms with van der Waals surface area (Å²) in [6, 6.07) is 7.58. The summed E-state index contributed by atoms with van der Waals surface area (Å²) in [6.07, 6.45) is 0.784. The van der Waals surface area contributed by atoms with E-state index in [4.69, 9.17) is 20.8 Å². The Balaban J connectivity index is 1.37. The van der Waals surface area contributed by atoms with Gasteiger partial charge in [-0.25, -0.2) is 0 Å². The number of aromatic nitrogens is 2. The second-order valence-electron chi connectivity index (χ2n) is 5.84. The van der Waals surface area contributed by atoms with Gasteiger partial charge in [0, 0.05) is 39.1 Å². The normalized spacial score (nSPS) is 16.4. The van der Waals surface area contributed by atoms with Crippen LogP contribution in [0.15, 0.2) is 28.7 Å². The monoisotopic (exact) mass is 350 g/mol. The molecule has 1 saturated heterocycles. The molecule has 6 nitrogen and oxygen atoms in total. The van der Waals surface area contributed by atoms with Gasteiger partial charge < -0.3 is 9.15 Å². The van der Waals surface area contributed by atoms with Crippen LogP contribution in [0.4, 0.5) is 0 Å². The zero-order valence-electron chi connectivity index (χ0n) is 13.9. The van der Waals surface area contributed by atoms with Gasteiger partial charge in [-0.15, -0.1) is 10.2 Å². The Morgan fingerprint density at radius 1 is 1.08 bits per heavy atom. The highest BCUT2D eigenvalue weighted by Crippen LogP contribution is 2.22. The summed E-state index contributed by atoms with van der Waals surface area (Å²) in [5.41, 5.74) is 0. The van der Waals surface area contributed by atoms with Crippen LogP contribution in [0.1, 0.15) is 18.7 Å². The van der Waals surface area contributed by atoms with Crippen LogP contribution in [0.3, 0.4) is 0 Å². The van der Waals surface area contributed by atoms with Crippen LogP contribution < -0.4 is 4.74 Å². The van der Waals surface area contributed by atoms with Crippen molar-refractivity contribution in [1.29, 1.82) is 0 Å². The topological polar surface area (TPSA) is 54.6 Å². The second-order valence-corrected chi connectivity index (χ2v) is 6.25. The molecule has 0 bridgehead atoms. The smallest absolute Gasteiger partial charge is 0.230 e. The van der Waals surface area contributed by atoms with Crippen LogP contribution in [0, 0.1) is 0 Å². The molecule has 0 spiro atoms. The maximum Gasteiger partial charge on any atom is 0.230 e. The Labute approximate surface area is 147 Å². The standard InChI is InChI=1S/C17H23ClN4O2/c1-2-16-19-20-17(24-16)13-22-9-7-21(8-10-22)11-12-23-15-6-4-3-5-14(15)18/h3-6H,2,7-13H2,1H3. The molecule has 1 aromatic heterocycles. The quantitative estimate of drug-likeness (QED) is 0.764. The van der Waals surface area contributed by atoms with E-state index in [-0.39, 0.29) is 0 Å². The van der Waals surface area contributed by atoms with Crippen LogP contribution in [-0.4, -0.2) is 59.3 Å². The minimum absolute atomic E-state index is 0.646. The third kappa shape index (κ3) is 4.69. The number of halogens is 1. The summed E-state index contributed by atoms with van der Waals surface area (Å²) in [5, 5.41) is 8.76. The molecule has 0 saturated carbocycles. The van der Waals surface area contributed by atoms with E-state index in [0.29, 0.717) is 23.4 Å². The van der Waals surface area contributed by atoms with Gasteiger partial charge in [0.15, 0.2) is 0 Å². The lowest BCUT2D eigenvalue weighted by molar-refractivity contribution is 0.106. The molecule has 0 radical (unpaired) electrons. The highest BCUT2D eigenvalue weighted by atomic mass is 35.5. The number of hydrogen-bond donors (Lipinski definition) is 0. The average Bonchev–Trinajstić information content (AvgIpc) is 3.06. The molecule has 2 heterocycles. The van der Waals surface area contributed by atoms with Crippen molar-refractivity contribution in [1.82, 2.24) is 20.0 Å². The van der Waals surface area contributed by atoms with Gasteiger partial charge in [0.2, 0.25) is 11.8 Å². The third-order valence-electron chi connectivity index (χ3n) is 4.14. The summed E-state index contributed by atoms with van der Waals surface area (Å²) >= 11 is 6.09. The SMILES string of the molecule is CCc1nnc(CN2CCN(CCOc3ccccc3Cl)CC2)o1. The van der Waals surface area contributed by atoms with E-state index >= 15 is 0 Å². The van der Waals surface area contributed by atoms with Crippen molar-refractivity contribution in [3.8, 4) is 5.75 Å². The van der Waals surface area contributed by atoms with E-state index in [0.717, 1.165) is 51.4 Å². The molecular formula is C17H23ClN4O2. The van der Waals surface area contributed by atoms with Gasteiger partial charge in [-0.3, -0.25) is 9.80 Å². The highest BCUT2D eigenvalue weighted by Gasteiger charge is 2.19. The van der Waals surface area contributed by atoms with Crippen LogP contribution >= 0.6 is 11.6 Å². The number of para-hydroxylation sites is 1. The lowest BCUT2D eigenvalue weighted by Crippen LogP contribution is -2.47. The van der Waals surface area contributed by atoms with E-state index in [1.807, 2.05) is 31.2 Å². The van der Waals surface area contributed by atoms with Gasteiger partial charge in [0.1, 0.15) is 12.4 Å². The lowest BCUT2D eigenvalue weighted by Gasteiger charge is -2.33. The predicted octanol–water partition coefficient (Wildman–Crippen LogP) is 2.48. The molecule has 0 N–H and O–H groups in total. The Kier molecular flexibility index (Phi) is 6.07. The van der Waals surface area contributed by atoms with Crippen molar-refractivity contribution in [2.45, 2.75) is 19.9 Å². The molecule has 3 rings (SSSR count). The lowest BCUT2D eigenvalue weighted by atomic mass is 10.3. The maximum absolute atomic E-state index is 6.09. The van der Waals surface area contributed by atoms with E-state index in [1.165, 1.54) is 0 Å². The van der Waals surface area contributed by atoms with Crippen molar-refractivity contribution in [3.05, 3.63) is 41.1 Å². The van der Waals surface area contributed by atoms with E-state index in [2.05, 4.69) is 20.0 Å². The maximum atomic E-state index is 6.09. The van der Waals surface area contributed by atoms with Crippen molar-refractivity contribution >= 4 is 11.6 Å². The molecule has 7 heteroatoms. The zero-order chi connectivity index (χ0) is 16.8. The predicted molar refractivity (Wildman–Crippen MR) is 92.3 cm³/mol. The van der Waals surface area contributed by atoms with Crippen LogP contribution in [0.25, 0.3) is 0 Å². The largest absolute Gasteiger partial charge is 0.491 e. The summed E-state index contributed by atoms with van der Waals surface area (Å²) in [5.74, 6) is 2.17. The molecular weight excluding hydrogens is 328 g/mol. The third-order valence-corrected chi connectivity index (χ3v) is 4.45. The van der Waals surface area contributed by atoms with E-state index in [1.54, 1.807) is 0 Å². The summed E-state index contributed by atoms with van der Waals surface area (Å²) in [6.45, 7) is 8.32. The molecule has 0 aliphatic carbocycles. The Hall–Kier alpha value is -1.63. The fourth-order valence-electron chi connectivity index (χ4n) is 2.70. The minimum atomic E-state index is 0.646. The fraction of sp³-hybridized carbons (Fsp3) is 0.529. The molecule has 1 aliphatic rings. The van der Waals surface area contributed by atoms with Gasteiger partial charge in [0.25, 0.3) is 0 Å². The van der Waals surface area contributed by atoms with Gasteiger partial charge in [-0.05, 0) is 12.1 Å². The average molecular weight is 351 g/mol. The van der Waals surface area contributed by atoms with Crippen LogP contribution in [0.5, 0.6) is 5.75 Å². The zero-order valence-corrected chi connectivity index (χ0v) is 14.7. The minimum Gasteiger partial charge on any atom is -0.491 e. The second kappa shape index (κ2) is 8.46. The van der Waals surface area contributed by atoms with Gasteiger partial charge in [0.05, 0.1) is 11.6 Å². The first kappa shape index (κ1) is 17.2. The molecule has 130 valence electrons. The number of piperazine rings is 1. The number of ether oxygens (including phenoxy) is 1. The highest BCUT2D eigenvalue weighted by molar-refractivity contribution is 6.32. The molecule has 1 aliphatic heterocycles. The van der Waals surface area contributed by atoms with Crippen molar-refractivity contribution in [2.24, 2.45) is 0 Å². The van der Waals surface area contributed by atoms with Gasteiger partial charge in [-0.2, -0.15) is 0 Å². The molecule has 1 aromatic carbocycles. The van der Waals surface area contributed by atoms with Crippen LogP contribution in [0.2, 0.25) is 5.02 Å². The number of hydrogen-bond acceptors (Lipinski definition) is 6. The summed E-state index contributed by atoms with van der Waals surface area (Å²) < 4.78 is 11.3. The van der Waals surface area contributed by atoms with Crippen LogP contribution in [-0.2, 0) is 13.0 Å². The number of rotatable bonds is 7. The molecule has 0 atom stereocenters. The fourth-order valence-corrected chi connectivity index (χ4v) is 2.89. The van der Waals surface area contributed by atoms with Gasteiger partial charge >= 0.3 is 0 Å². The van der Waals surface area contributed by atoms with E-state index in [9.17, 15) is 0 Å². The molecule has 0 unspecified atom stereocenters. The Morgan fingerprint density at radius 3 is 2.50 bits per heavy atom. The number of nitrogens with zero attached hydrogens (tertiary/aromatic N) is 4. The molecule has 2 aromatic rings. The van der Waals surface area contributed by atoms with Crippen molar-refractivity contribution in [3.63, 3.8) is 0 Å². The summed E-state index contributed by atoms with van der Waals surface area (Å²) in [4.78, 5) is 4.75. The van der Waals surface area contributed by atoms with Crippen molar-refractivity contribution in [2.75, 3.05) is 39.3 Å². The van der Waals surface area contributed by atoms with E-state index < -0.39 is 0 Å². The van der Waals surface area contributed by atoms with Crippen molar-refractivity contribution < 1.29 is 9.15 Å². The van der Waals surface area contributed by atoms with Gasteiger partial charge in [-0.1, -0.05) is 30.7 Å². The first-order chi connectivity index (χ1) is 11.7. The molecule has 0 amide bonds. The number of benzene rings is 1. The molecule has 24 heavy (non-hydrogen) atoms. The molecule has 1 fully saturated rings. The Morgan fingerprint density at radius 2 is 1.79 bits per heavy atom. The first-order valence-electron chi connectivity index (χ1n) is 8.38.